The first-order chi connectivity index (χ1) is 14.7. The summed E-state index contributed by atoms with van der Waals surface area (Å²) in [5.74, 6) is 1.50. The first-order valence-corrected chi connectivity index (χ1v) is 9.96. The largest absolute Gasteiger partial charge is 0.493 e. The molecule has 2 aromatic carbocycles. The van der Waals surface area contributed by atoms with Crippen molar-refractivity contribution in [1.29, 1.82) is 0 Å². The average Bonchev–Trinajstić information content (AvgIpc) is 2.78. The van der Waals surface area contributed by atoms with Gasteiger partial charge in [-0.05, 0) is 31.0 Å². The zero-order valence-electron chi connectivity index (χ0n) is 16.9. The van der Waals surface area contributed by atoms with E-state index in [0.717, 1.165) is 17.5 Å². The molecular formula is C23H23N5O2. The number of hydrogen-bond acceptors (Lipinski definition) is 6. The molecule has 0 fully saturated rings. The van der Waals surface area contributed by atoms with Crippen LogP contribution in [0.3, 0.4) is 0 Å². The molecule has 0 amide bonds. The summed E-state index contributed by atoms with van der Waals surface area (Å²) in [7, 11) is 0. The second-order valence-corrected chi connectivity index (χ2v) is 6.97. The minimum atomic E-state index is -0.289. The highest BCUT2D eigenvalue weighted by Gasteiger charge is 2.13. The minimum absolute atomic E-state index is 0.00767. The maximum atomic E-state index is 12.6. The van der Waals surface area contributed by atoms with Crippen LogP contribution in [0.4, 0.5) is 5.95 Å². The van der Waals surface area contributed by atoms with E-state index in [2.05, 4.69) is 25.3 Å². The van der Waals surface area contributed by atoms with Gasteiger partial charge in [-0.1, -0.05) is 49.4 Å². The molecule has 0 aliphatic carbocycles. The van der Waals surface area contributed by atoms with Crippen LogP contribution in [0.2, 0.25) is 0 Å². The summed E-state index contributed by atoms with van der Waals surface area (Å²) in [5, 5.41) is 3.61. The summed E-state index contributed by atoms with van der Waals surface area (Å²) in [5.41, 5.74) is 1.87. The van der Waals surface area contributed by atoms with Crippen molar-refractivity contribution < 1.29 is 4.74 Å². The molecule has 4 rings (SSSR count). The maximum Gasteiger partial charge on any atom is 0.262 e. The van der Waals surface area contributed by atoms with E-state index in [-0.39, 0.29) is 11.6 Å². The van der Waals surface area contributed by atoms with E-state index in [0.29, 0.717) is 35.2 Å². The Labute approximate surface area is 174 Å². The quantitative estimate of drug-likeness (QED) is 0.478. The Morgan fingerprint density at radius 3 is 2.63 bits per heavy atom. The van der Waals surface area contributed by atoms with Crippen LogP contribution in [0.5, 0.6) is 5.75 Å². The number of hydrogen-bond donors (Lipinski definition) is 2. The molecule has 0 spiro atoms. The predicted molar refractivity (Wildman–Crippen MR) is 118 cm³/mol. The van der Waals surface area contributed by atoms with Gasteiger partial charge in [-0.25, -0.2) is 9.97 Å². The van der Waals surface area contributed by atoms with Crippen molar-refractivity contribution in [2.75, 3.05) is 11.9 Å². The molecule has 2 N–H and O–H groups in total. The lowest BCUT2D eigenvalue weighted by Crippen LogP contribution is -2.14. The van der Waals surface area contributed by atoms with E-state index < -0.39 is 0 Å². The van der Waals surface area contributed by atoms with Crippen molar-refractivity contribution in [2.45, 2.75) is 26.3 Å². The fourth-order valence-corrected chi connectivity index (χ4v) is 3.14. The number of nitrogens with zero attached hydrogens (tertiary/aromatic N) is 3. The third kappa shape index (κ3) is 4.15. The highest BCUT2D eigenvalue weighted by Crippen LogP contribution is 2.27. The molecule has 7 heteroatoms. The summed E-state index contributed by atoms with van der Waals surface area (Å²) in [6.07, 6.45) is 2.38. The van der Waals surface area contributed by atoms with Crippen LogP contribution in [0, 0.1) is 0 Å². The molecule has 152 valence electrons. The first-order valence-electron chi connectivity index (χ1n) is 9.96. The molecule has 2 heterocycles. The molecule has 0 saturated heterocycles. The van der Waals surface area contributed by atoms with Gasteiger partial charge in [0.05, 0.1) is 18.2 Å². The summed E-state index contributed by atoms with van der Waals surface area (Å²) < 4.78 is 5.81. The number of rotatable bonds is 7. The van der Waals surface area contributed by atoms with Gasteiger partial charge < -0.3 is 15.0 Å². The van der Waals surface area contributed by atoms with Crippen molar-refractivity contribution in [2.24, 2.45) is 0 Å². The Hall–Kier alpha value is -3.74. The summed E-state index contributed by atoms with van der Waals surface area (Å²) >= 11 is 0. The molecule has 0 radical (unpaired) electrons. The van der Waals surface area contributed by atoms with Gasteiger partial charge >= 0.3 is 0 Å². The maximum absolute atomic E-state index is 12.6. The number of aromatic nitrogens is 4. The van der Waals surface area contributed by atoms with Crippen LogP contribution in [-0.4, -0.2) is 26.5 Å². The van der Waals surface area contributed by atoms with E-state index in [9.17, 15) is 4.79 Å². The molecule has 1 atom stereocenters. The Kier molecular flexibility index (Phi) is 5.70. The van der Waals surface area contributed by atoms with Gasteiger partial charge in [-0.15, -0.1) is 0 Å². The summed E-state index contributed by atoms with van der Waals surface area (Å²) in [6.45, 7) is 4.66. The minimum Gasteiger partial charge on any atom is -0.493 e. The zero-order valence-corrected chi connectivity index (χ0v) is 16.9. The molecule has 1 unspecified atom stereocenters. The van der Waals surface area contributed by atoms with Gasteiger partial charge in [0.1, 0.15) is 17.0 Å². The summed E-state index contributed by atoms with van der Waals surface area (Å²) in [4.78, 5) is 28.8. The molecule has 0 aliphatic rings. The topological polar surface area (TPSA) is 92.8 Å². The van der Waals surface area contributed by atoms with Crippen LogP contribution in [-0.2, 0) is 0 Å². The van der Waals surface area contributed by atoms with Crippen molar-refractivity contribution in [3.05, 3.63) is 76.7 Å². The predicted octanol–water partition coefficient (Wildman–Crippen LogP) is 4.34. The Bertz CT molecular complexity index is 1210. The van der Waals surface area contributed by atoms with Crippen LogP contribution >= 0.6 is 0 Å². The van der Waals surface area contributed by atoms with Crippen LogP contribution in [0.15, 0.2) is 65.6 Å². The van der Waals surface area contributed by atoms with Crippen molar-refractivity contribution in [1.82, 2.24) is 19.9 Å². The molecule has 4 aromatic rings. The van der Waals surface area contributed by atoms with E-state index in [4.69, 9.17) is 4.74 Å². The SMILES string of the molecule is CCCOc1ccccc1-c1nc2nc(NC(C)c3ccccc3)ncc2c(=O)[nH]1. The Morgan fingerprint density at radius 1 is 1.07 bits per heavy atom. The fourth-order valence-electron chi connectivity index (χ4n) is 3.14. The molecule has 7 nitrogen and oxygen atoms in total. The smallest absolute Gasteiger partial charge is 0.262 e. The third-order valence-electron chi connectivity index (χ3n) is 4.71. The number of aromatic amines is 1. The van der Waals surface area contributed by atoms with E-state index >= 15 is 0 Å². The lowest BCUT2D eigenvalue weighted by atomic mass is 10.1. The molecule has 30 heavy (non-hydrogen) atoms. The number of fused-ring (bicyclic) bond motifs is 1. The lowest BCUT2D eigenvalue weighted by Gasteiger charge is -2.14. The monoisotopic (exact) mass is 401 g/mol. The van der Waals surface area contributed by atoms with E-state index in [1.165, 1.54) is 6.20 Å². The number of nitrogens with one attached hydrogen (secondary N) is 2. The van der Waals surface area contributed by atoms with E-state index in [1.807, 2.05) is 68.4 Å². The van der Waals surface area contributed by atoms with Crippen molar-refractivity contribution in [3.8, 4) is 17.1 Å². The third-order valence-corrected chi connectivity index (χ3v) is 4.71. The van der Waals surface area contributed by atoms with Gasteiger partial charge in [0.2, 0.25) is 5.95 Å². The van der Waals surface area contributed by atoms with Crippen LogP contribution in [0.25, 0.3) is 22.4 Å². The van der Waals surface area contributed by atoms with Crippen LogP contribution in [0.1, 0.15) is 31.9 Å². The van der Waals surface area contributed by atoms with Gasteiger partial charge in [0.15, 0.2) is 5.65 Å². The highest BCUT2D eigenvalue weighted by atomic mass is 16.5. The Balaban J connectivity index is 1.70. The second-order valence-electron chi connectivity index (χ2n) is 6.97. The first kappa shape index (κ1) is 19.6. The standard InChI is InChI=1S/C23H23N5O2/c1-3-13-30-19-12-8-7-11-17(19)20-26-21-18(22(29)27-20)14-24-23(28-21)25-15(2)16-9-5-4-6-10-16/h4-12,14-15H,3,13H2,1-2H3,(H2,24,25,26,27,28,29). The molecular weight excluding hydrogens is 378 g/mol. The lowest BCUT2D eigenvalue weighted by molar-refractivity contribution is 0.318. The number of ether oxygens (including phenoxy) is 1. The second kappa shape index (κ2) is 8.73. The number of para-hydroxylation sites is 1. The molecule has 0 saturated carbocycles. The number of anilines is 1. The normalized spacial score (nSPS) is 11.9. The van der Waals surface area contributed by atoms with Gasteiger partial charge in [0, 0.05) is 6.20 Å². The summed E-state index contributed by atoms with van der Waals surface area (Å²) in [6, 6.07) is 17.5. The number of benzene rings is 2. The molecule has 0 aliphatic heterocycles. The molecule has 0 bridgehead atoms. The van der Waals surface area contributed by atoms with Gasteiger partial charge in [-0.2, -0.15) is 4.98 Å². The van der Waals surface area contributed by atoms with Gasteiger partial charge in [-0.3, -0.25) is 4.79 Å². The molecule has 2 aromatic heterocycles. The average molecular weight is 401 g/mol. The van der Waals surface area contributed by atoms with E-state index in [1.54, 1.807) is 0 Å². The highest BCUT2D eigenvalue weighted by molar-refractivity contribution is 5.77. The van der Waals surface area contributed by atoms with Gasteiger partial charge in [0.25, 0.3) is 5.56 Å². The van der Waals surface area contributed by atoms with Crippen molar-refractivity contribution >= 4 is 17.0 Å². The Morgan fingerprint density at radius 2 is 1.83 bits per heavy atom. The van der Waals surface area contributed by atoms with Crippen molar-refractivity contribution in [3.63, 3.8) is 0 Å². The zero-order chi connectivity index (χ0) is 20.9. The fraction of sp³-hybridized carbons (Fsp3) is 0.217. The number of H-pyrrole nitrogens is 1. The van der Waals surface area contributed by atoms with Crippen LogP contribution < -0.4 is 15.6 Å².